The second kappa shape index (κ2) is 7.75. The standard InChI is InChI=1S/C15H14N2O2S2/c1-19-12-7-5-11(6-8-12)13(18)10-21-15(20)17-14-4-2-3-9-16-14/h2-9H,10H2,1H3,(H,16,17,20). The van der Waals surface area contributed by atoms with Crippen molar-refractivity contribution in [1.82, 2.24) is 4.98 Å². The van der Waals surface area contributed by atoms with Gasteiger partial charge in [0.1, 0.15) is 15.9 Å². The van der Waals surface area contributed by atoms with Crippen LogP contribution < -0.4 is 10.1 Å². The fourth-order valence-electron chi connectivity index (χ4n) is 1.57. The Morgan fingerprint density at radius 1 is 1.29 bits per heavy atom. The average Bonchev–Trinajstić information content (AvgIpc) is 2.53. The highest BCUT2D eigenvalue weighted by atomic mass is 32.2. The van der Waals surface area contributed by atoms with Crippen molar-refractivity contribution in [1.29, 1.82) is 0 Å². The van der Waals surface area contributed by atoms with Gasteiger partial charge in [-0.3, -0.25) is 4.79 Å². The topological polar surface area (TPSA) is 51.2 Å². The Morgan fingerprint density at radius 2 is 2.05 bits per heavy atom. The summed E-state index contributed by atoms with van der Waals surface area (Å²) in [7, 11) is 1.59. The highest BCUT2D eigenvalue weighted by Gasteiger charge is 2.08. The number of ether oxygens (including phenoxy) is 1. The number of hydrogen-bond donors (Lipinski definition) is 1. The molecule has 1 heterocycles. The van der Waals surface area contributed by atoms with Crippen molar-refractivity contribution in [3.05, 3.63) is 54.2 Å². The first-order chi connectivity index (χ1) is 10.2. The second-order valence-electron chi connectivity index (χ2n) is 4.07. The van der Waals surface area contributed by atoms with Gasteiger partial charge in [0.2, 0.25) is 0 Å². The minimum Gasteiger partial charge on any atom is -0.497 e. The van der Waals surface area contributed by atoms with Gasteiger partial charge >= 0.3 is 0 Å². The average molecular weight is 318 g/mol. The summed E-state index contributed by atoms with van der Waals surface area (Å²) in [4.78, 5) is 16.1. The Kier molecular flexibility index (Phi) is 5.71. The van der Waals surface area contributed by atoms with Crippen LogP contribution in [0.15, 0.2) is 48.7 Å². The van der Waals surface area contributed by atoms with Crippen LogP contribution in [0.1, 0.15) is 10.4 Å². The van der Waals surface area contributed by atoms with E-state index >= 15 is 0 Å². The van der Waals surface area contributed by atoms with E-state index in [2.05, 4.69) is 10.3 Å². The van der Waals surface area contributed by atoms with E-state index in [1.54, 1.807) is 37.6 Å². The maximum atomic E-state index is 12.0. The molecule has 0 saturated heterocycles. The summed E-state index contributed by atoms with van der Waals surface area (Å²) in [6.07, 6.45) is 1.68. The Bertz CT molecular complexity index is 615. The third-order valence-corrected chi connectivity index (χ3v) is 3.87. The molecule has 0 bridgehead atoms. The van der Waals surface area contributed by atoms with Gasteiger partial charge < -0.3 is 10.1 Å². The van der Waals surface area contributed by atoms with Crippen molar-refractivity contribution in [2.75, 3.05) is 18.2 Å². The van der Waals surface area contributed by atoms with E-state index < -0.39 is 0 Å². The number of pyridine rings is 1. The van der Waals surface area contributed by atoms with Crippen molar-refractivity contribution >= 4 is 39.9 Å². The van der Waals surface area contributed by atoms with Gasteiger partial charge in [0.15, 0.2) is 5.78 Å². The third-order valence-electron chi connectivity index (χ3n) is 2.64. The summed E-state index contributed by atoms with van der Waals surface area (Å²) >= 11 is 6.47. The maximum Gasteiger partial charge on any atom is 0.173 e. The Hall–Kier alpha value is -1.92. The van der Waals surface area contributed by atoms with E-state index in [-0.39, 0.29) is 11.5 Å². The predicted molar refractivity (Wildman–Crippen MR) is 90.2 cm³/mol. The molecule has 1 N–H and O–H groups in total. The first-order valence-electron chi connectivity index (χ1n) is 6.21. The molecule has 0 aliphatic carbocycles. The summed E-state index contributed by atoms with van der Waals surface area (Å²) < 4.78 is 5.58. The number of ketones is 1. The molecule has 2 rings (SSSR count). The van der Waals surface area contributed by atoms with Crippen LogP contribution in [0.3, 0.4) is 0 Å². The first-order valence-corrected chi connectivity index (χ1v) is 7.60. The molecule has 4 nitrogen and oxygen atoms in total. The number of carbonyl (C=O) groups is 1. The molecule has 0 saturated carbocycles. The largest absolute Gasteiger partial charge is 0.497 e. The fourth-order valence-corrected chi connectivity index (χ4v) is 2.46. The second-order valence-corrected chi connectivity index (χ2v) is 5.72. The number of thiocarbonyl (C=S) groups is 1. The molecule has 108 valence electrons. The number of Topliss-reactive ketones (excluding diaryl/α,β-unsaturated/α-hetero) is 1. The number of hydrogen-bond acceptors (Lipinski definition) is 5. The van der Waals surface area contributed by atoms with Crippen LogP contribution in [0.4, 0.5) is 5.82 Å². The van der Waals surface area contributed by atoms with Crippen molar-refractivity contribution in [2.45, 2.75) is 0 Å². The van der Waals surface area contributed by atoms with Crippen LogP contribution in [0.5, 0.6) is 5.75 Å². The van der Waals surface area contributed by atoms with Gasteiger partial charge in [-0.05, 0) is 36.4 Å². The van der Waals surface area contributed by atoms with Crippen LogP contribution in [-0.4, -0.2) is 28.0 Å². The number of thioether (sulfide) groups is 1. The molecule has 1 aromatic heterocycles. The number of nitrogens with one attached hydrogen (secondary N) is 1. The fraction of sp³-hybridized carbons (Fsp3) is 0.133. The molecule has 0 atom stereocenters. The van der Waals surface area contributed by atoms with Crippen molar-refractivity contribution in [3.8, 4) is 5.75 Å². The molecule has 0 unspecified atom stereocenters. The monoisotopic (exact) mass is 318 g/mol. The lowest BCUT2D eigenvalue weighted by atomic mass is 10.1. The zero-order chi connectivity index (χ0) is 15.1. The molecule has 2 aromatic rings. The van der Waals surface area contributed by atoms with E-state index in [0.717, 1.165) is 5.75 Å². The lowest BCUT2D eigenvalue weighted by molar-refractivity contribution is 0.102. The van der Waals surface area contributed by atoms with Gasteiger partial charge in [0.05, 0.1) is 12.9 Å². The summed E-state index contributed by atoms with van der Waals surface area (Å²) in [5.41, 5.74) is 0.643. The minimum absolute atomic E-state index is 0.0211. The van der Waals surface area contributed by atoms with Crippen molar-refractivity contribution in [2.24, 2.45) is 0 Å². The van der Waals surface area contributed by atoms with Crippen LogP contribution in [-0.2, 0) is 0 Å². The van der Waals surface area contributed by atoms with Crippen LogP contribution >= 0.6 is 24.0 Å². The lowest BCUT2D eigenvalue weighted by Crippen LogP contribution is -2.10. The SMILES string of the molecule is COc1ccc(C(=O)CSC(=S)Nc2ccccn2)cc1. The number of methoxy groups -OCH3 is 1. The normalized spacial score (nSPS) is 9.95. The Balaban J connectivity index is 1.84. The quantitative estimate of drug-likeness (QED) is 0.673. The molecule has 0 amide bonds. The van der Waals surface area contributed by atoms with Gasteiger partial charge in [-0.25, -0.2) is 4.98 Å². The highest BCUT2D eigenvalue weighted by Crippen LogP contribution is 2.15. The number of anilines is 1. The smallest absolute Gasteiger partial charge is 0.173 e. The molecular formula is C15H14N2O2S2. The predicted octanol–water partition coefficient (Wildman–Crippen LogP) is 3.40. The minimum atomic E-state index is 0.0211. The van der Waals surface area contributed by atoms with Gasteiger partial charge in [0, 0.05) is 11.8 Å². The van der Waals surface area contributed by atoms with Gasteiger partial charge in [-0.1, -0.05) is 30.0 Å². The summed E-state index contributed by atoms with van der Waals surface area (Å²) in [5, 5.41) is 2.98. The van der Waals surface area contributed by atoms with E-state index in [1.165, 1.54) is 11.8 Å². The summed E-state index contributed by atoms with van der Waals surface area (Å²) in [6, 6.07) is 12.5. The molecule has 21 heavy (non-hydrogen) atoms. The first kappa shape index (κ1) is 15.5. The molecule has 1 aromatic carbocycles. The molecule has 0 spiro atoms. The van der Waals surface area contributed by atoms with Crippen LogP contribution in [0.25, 0.3) is 0 Å². The molecular weight excluding hydrogens is 304 g/mol. The number of benzene rings is 1. The van der Waals surface area contributed by atoms with E-state index in [4.69, 9.17) is 17.0 Å². The van der Waals surface area contributed by atoms with Crippen LogP contribution in [0, 0.1) is 0 Å². The molecule has 6 heteroatoms. The van der Waals surface area contributed by atoms with Gasteiger partial charge in [-0.2, -0.15) is 0 Å². The zero-order valence-corrected chi connectivity index (χ0v) is 13.0. The van der Waals surface area contributed by atoms with Crippen molar-refractivity contribution in [3.63, 3.8) is 0 Å². The lowest BCUT2D eigenvalue weighted by Gasteiger charge is -2.06. The number of aromatic nitrogens is 1. The maximum absolute atomic E-state index is 12.0. The molecule has 0 radical (unpaired) electrons. The van der Waals surface area contributed by atoms with Gasteiger partial charge in [0.25, 0.3) is 0 Å². The molecule has 0 aliphatic heterocycles. The Morgan fingerprint density at radius 3 is 2.67 bits per heavy atom. The molecule has 0 aliphatic rings. The van der Waals surface area contributed by atoms with E-state index in [9.17, 15) is 4.79 Å². The van der Waals surface area contributed by atoms with Crippen molar-refractivity contribution < 1.29 is 9.53 Å². The highest BCUT2D eigenvalue weighted by molar-refractivity contribution is 8.23. The number of carbonyl (C=O) groups excluding carboxylic acids is 1. The van der Waals surface area contributed by atoms with Gasteiger partial charge in [-0.15, -0.1) is 0 Å². The third kappa shape index (κ3) is 4.84. The summed E-state index contributed by atoms with van der Waals surface area (Å²) in [5.74, 6) is 1.71. The summed E-state index contributed by atoms with van der Waals surface area (Å²) in [6.45, 7) is 0. The zero-order valence-electron chi connectivity index (χ0n) is 11.4. The van der Waals surface area contributed by atoms with Crippen LogP contribution in [0.2, 0.25) is 0 Å². The molecule has 0 fully saturated rings. The number of nitrogens with zero attached hydrogens (tertiary/aromatic N) is 1. The van der Waals surface area contributed by atoms with E-state index in [1.807, 2.05) is 18.2 Å². The Labute approximate surface area is 132 Å². The van der Waals surface area contributed by atoms with E-state index in [0.29, 0.717) is 15.7 Å². The number of rotatable bonds is 5.